The molecule has 2 unspecified atom stereocenters. The van der Waals surface area contributed by atoms with Crippen LogP contribution in [-0.4, -0.2) is 49.4 Å². The highest BCUT2D eigenvalue weighted by atomic mass is 16.5. The summed E-state index contributed by atoms with van der Waals surface area (Å²) in [6.45, 7) is 2.82. The van der Waals surface area contributed by atoms with Crippen LogP contribution in [-0.2, 0) is 4.79 Å². The minimum absolute atomic E-state index is 0.0427. The Hall–Kier alpha value is -2.82. The zero-order valence-electron chi connectivity index (χ0n) is 17.0. The second-order valence-electron chi connectivity index (χ2n) is 7.31. The van der Waals surface area contributed by atoms with E-state index in [9.17, 15) is 9.59 Å². The summed E-state index contributed by atoms with van der Waals surface area (Å²) in [4.78, 5) is 30.0. The van der Waals surface area contributed by atoms with Gasteiger partial charge in [0.25, 0.3) is 5.91 Å². The van der Waals surface area contributed by atoms with Crippen LogP contribution < -0.4 is 4.74 Å². The monoisotopic (exact) mass is 380 g/mol. The number of ether oxygens (including phenoxy) is 1. The Kier molecular flexibility index (Phi) is 6.02. The molecule has 0 N–H and O–H groups in total. The van der Waals surface area contributed by atoms with Crippen molar-refractivity contribution in [3.05, 3.63) is 65.2 Å². The predicted molar refractivity (Wildman–Crippen MR) is 110 cm³/mol. The van der Waals surface area contributed by atoms with Gasteiger partial charge in [0.1, 0.15) is 5.75 Å². The number of carbonyl (C=O) groups excluding carboxylic acids is 2. The average Bonchev–Trinajstić information content (AvgIpc) is 2.74. The van der Waals surface area contributed by atoms with Crippen molar-refractivity contribution < 1.29 is 14.3 Å². The predicted octanol–water partition coefficient (Wildman–Crippen LogP) is 3.86. The number of amides is 2. The molecule has 0 fully saturated rings. The highest BCUT2D eigenvalue weighted by Crippen LogP contribution is 2.43. The second-order valence-corrected chi connectivity index (χ2v) is 7.31. The lowest BCUT2D eigenvalue weighted by molar-refractivity contribution is -0.133. The quantitative estimate of drug-likeness (QED) is 0.765. The molecule has 0 saturated carbocycles. The molecule has 5 nitrogen and oxygen atoms in total. The molecule has 1 aliphatic rings. The zero-order chi connectivity index (χ0) is 20.3. The maximum absolute atomic E-state index is 13.5. The topological polar surface area (TPSA) is 49.9 Å². The van der Waals surface area contributed by atoms with Gasteiger partial charge in [-0.25, -0.2) is 0 Å². The highest BCUT2D eigenvalue weighted by Gasteiger charge is 2.43. The van der Waals surface area contributed by atoms with E-state index in [2.05, 4.69) is 6.92 Å². The third kappa shape index (κ3) is 3.61. The molecule has 0 aliphatic carbocycles. The van der Waals surface area contributed by atoms with Gasteiger partial charge in [0, 0.05) is 26.2 Å². The largest absolute Gasteiger partial charge is 0.497 e. The summed E-state index contributed by atoms with van der Waals surface area (Å²) in [7, 11) is 5.25. The summed E-state index contributed by atoms with van der Waals surface area (Å²) in [5, 5.41) is 0. The molecule has 2 atom stereocenters. The van der Waals surface area contributed by atoms with Crippen molar-refractivity contribution in [3.63, 3.8) is 0 Å². The lowest BCUT2D eigenvalue weighted by Gasteiger charge is -2.41. The van der Waals surface area contributed by atoms with Crippen molar-refractivity contribution in [1.29, 1.82) is 0 Å². The lowest BCUT2D eigenvalue weighted by atomic mass is 9.79. The van der Waals surface area contributed by atoms with Crippen molar-refractivity contribution >= 4 is 11.8 Å². The van der Waals surface area contributed by atoms with Gasteiger partial charge in [0.2, 0.25) is 5.91 Å². The number of benzene rings is 2. The van der Waals surface area contributed by atoms with Crippen molar-refractivity contribution in [1.82, 2.24) is 9.80 Å². The number of methoxy groups -OCH3 is 1. The molecule has 28 heavy (non-hydrogen) atoms. The fourth-order valence-corrected chi connectivity index (χ4v) is 3.90. The summed E-state index contributed by atoms with van der Waals surface area (Å²) >= 11 is 0. The van der Waals surface area contributed by atoms with Gasteiger partial charge in [-0.2, -0.15) is 0 Å². The Morgan fingerprint density at radius 1 is 1.14 bits per heavy atom. The van der Waals surface area contributed by atoms with Crippen LogP contribution in [0.4, 0.5) is 0 Å². The van der Waals surface area contributed by atoms with Crippen LogP contribution in [0.15, 0.2) is 48.5 Å². The van der Waals surface area contributed by atoms with Crippen LogP contribution in [0.1, 0.15) is 53.2 Å². The third-order valence-corrected chi connectivity index (χ3v) is 5.53. The highest BCUT2D eigenvalue weighted by molar-refractivity contribution is 6.01. The molecule has 0 radical (unpaired) electrons. The van der Waals surface area contributed by atoms with Crippen molar-refractivity contribution in [2.24, 2.45) is 0 Å². The smallest absolute Gasteiger partial charge is 0.254 e. The van der Waals surface area contributed by atoms with E-state index < -0.39 is 5.92 Å². The second kappa shape index (κ2) is 8.46. The summed E-state index contributed by atoms with van der Waals surface area (Å²) in [5.74, 6) is 0.295. The molecule has 3 rings (SSSR count). The molecule has 2 aromatic rings. The van der Waals surface area contributed by atoms with Gasteiger partial charge in [-0.15, -0.1) is 0 Å². The zero-order valence-corrected chi connectivity index (χ0v) is 17.0. The van der Waals surface area contributed by atoms with Crippen LogP contribution >= 0.6 is 0 Å². The molecule has 5 heteroatoms. The van der Waals surface area contributed by atoms with Gasteiger partial charge in [-0.3, -0.25) is 9.59 Å². The minimum atomic E-state index is -0.436. The van der Waals surface area contributed by atoms with E-state index in [1.54, 1.807) is 24.0 Å². The van der Waals surface area contributed by atoms with Gasteiger partial charge in [-0.05, 0) is 35.7 Å². The number of hydrogen-bond donors (Lipinski definition) is 0. The van der Waals surface area contributed by atoms with Crippen LogP contribution in [0.3, 0.4) is 0 Å². The van der Waals surface area contributed by atoms with Crippen molar-refractivity contribution in [2.45, 2.75) is 31.7 Å². The van der Waals surface area contributed by atoms with Crippen LogP contribution in [0.2, 0.25) is 0 Å². The van der Waals surface area contributed by atoms with E-state index in [1.165, 1.54) is 0 Å². The molecule has 0 aromatic heterocycles. The SMILES string of the molecule is CCCCN(C)C(=O)C1c2ccccc2C(=O)N(C)C1c1ccc(OC)cc1. The molecule has 0 saturated heterocycles. The summed E-state index contributed by atoms with van der Waals surface area (Å²) in [5.41, 5.74) is 2.34. The van der Waals surface area contributed by atoms with Crippen LogP contribution in [0, 0.1) is 0 Å². The molecule has 0 bridgehead atoms. The van der Waals surface area contributed by atoms with E-state index in [1.807, 2.05) is 55.6 Å². The lowest BCUT2D eigenvalue weighted by Crippen LogP contribution is -2.46. The number of unbranched alkanes of at least 4 members (excludes halogenated alkanes) is 1. The molecule has 2 aromatic carbocycles. The van der Waals surface area contributed by atoms with E-state index >= 15 is 0 Å². The number of hydrogen-bond acceptors (Lipinski definition) is 3. The average molecular weight is 380 g/mol. The number of likely N-dealkylation sites (N-methyl/N-ethyl adjacent to an activating group) is 2. The fourth-order valence-electron chi connectivity index (χ4n) is 3.90. The third-order valence-electron chi connectivity index (χ3n) is 5.53. The molecular weight excluding hydrogens is 352 g/mol. The standard InChI is InChI=1S/C23H28N2O3/c1-5-6-15-24(2)23(27)20-18-9-7-8-10-19(18)22(26)25(3)21(20)16-11-13-17(28-4)14-12-16/h7-14,20-21H,5-6,15H2,1-4H3. The van der Waals surface area contributed by atoms with Crippen LogP contribution in [0.25, 0.3) is 0 Å². The van der Waals surface area contributed by atoms with Gasteiger partial charge >= 0.3 is 0 Å². The normalized spacial score (nSPS) is 18.6. The first-order valence-corrected chi connectivity index (χ1v) is 9.74. The van der Waals surface area contributed by atoms with E-state index in [-0.39, 0.29) is 17.9 Å². The van der Waals surface area contributed by atoms with Crippen LogP contribution in [0.5, 0.6) is 5.75 Å². The Bertz CT molecular complexity index is 847. The maximum Gasteiger partial charge on any atom is 0.254 e. The van der Waals surface area contributed by atoms with E-state index in [0.29, 0.717) is 12.1 Å². The summed E-state index contributed by atoms with van der Waals surface area (Å²) in [6.07, 6.45) is 1.98. The number of carbonyl (C=O) groups is 2. The first kappa shape index (κ1) is 19.9. The summed E-state index contributed by atoms with van der Waals surface area (Å²) < 4.78 is 5.26. The van der Waals surface area contributed by atoms with Gasteiger partial charge in [-0.1, -0.05) is 43.7 Å². The fraction of sp³-hybridized carbons (Fsp3) is 0.391. The molecule has 1 aliphatic heterocycles. The Morgan fingerprint density at radius 2 is 1.82 bits per heavy atom. The minimum Gasteiger partial charge on any atom is -0.497 e. The molecule has 0 spiro atoms. The maximum atomic E-state index is 13.5. The molecule has 1 heterocycles. The van der Waals surface area contributed by atoms with Gasteiger partial charge in [0.05, 0.1) is 19.1 Å². The first-order valence-electron chi connectivity index (χ1n) is 9.74. The number of rotatable bonds is 6. The Balaban J connectivity index is 2.08. The van der Waals surface area contributed by atoms with Gasteiger partial charge in [0.15, 0.2) is 0 Å². The number of fused-ring (bicyclic) bond motifs is 1. The molecule has 2 amide bonds. The molecule has 148 valence electrons. The summed E-state index contributed by atoms with van der Waals surface area (Å²) in [6, 6.07) is 14.7. The first-order chi connectivity index (χ1) is 13.5. The Morgan fingerprint density at radius 3 is 2.46 bits per heavy atom. The molecular formula is C23H28N2O3. The number of nitrogens with zero attached hydrogens (tertiary/aromatic N) is 2. The van der Waals surface area contributed by atoms with E-state index in [0.717, 1.165) is 29.7 Å². The van der Waals surface area contributed by atoms with Crippen molar-refractivity contribution in [3.8, 4) is 5.75 Å². The van der Waals surface area contributed by atoms with E-state index in [4.69, 9.17) is 4.74 Å². The van der Waals surface area contributed by atoms with Crippen molar-refractivity contribution in [2.75, 3.05) is 27.7 Å². The van der Waals surface area contributed by atoms with Gasteiger partial charge < -0.3 is 14.5 Å². The Labute approximate surface area is 166 Å².